The van der Waals surface area contributed by atoms with E-state index in [9.17, 15) is 9.90 Å². The first-order chi connectivity index (χ1) is 14.8. The van der Waals surface area contributed by atoms with Gasteiger partial charge in [-0.15, -0.1) is 0 Å². The number of benzene rings is 1. The Balaban J connectivity index is 2.31. The molecule has 31 heavy (non-hydrogen) atoms. The molecule has 1 heterocycles. The quantitative estimate of drug-likeness (QED) is 0.468. The number of carbonyl (C=O) groups excluding carboxylic acids is 1. The molecule has 0 radical (unpaired) electrons. The lowest BCUT2D eigenvalue weighted by atomic mass is 10.0. The van der Waals surface area contributed by atoms with Gasteiger partial charge in [-0.3, -0.25) is 0 Å². The zero-order valence-corrected chi connectivity index (χ0v) is 18.9. The van der Waals surface area contributed by atoms with Crippen molar-refractivity contribution in [2.45, 2.75) is 45.8 Å². The number of urea groups is 1. The summed E-state index contributed by atoms with van der Waals surface area (Å²) in [5.74, 6) is 1.43. The molecule has 9 heteroatoms. The number of nitrogens with one attached hydrogen (secondary N) is 2. The minimum absolute atomic E-state index is 0.301. The van der Waals surface area contributed by atoms with Crippen molar-refractivity contribution in [1.82, 2.24) is 15.3 Å². The van der Waals surface area contributed by atoms with Gasteiger partial charge in [0.1, 0.15) is 11.6 Å². The summed E-state index contributed by atoms with van der Waals surface area (Å²) in [6.07, 6.45) is 2.26. The highest BCUT2D eigenvalue weighted by Gasteiger charge is 2.24. The number of carbonyl (C=O) groups is 1. The predicted octanol–water partition coefficient (Wildman–Crippen LogP) is 3.33. The minimum atomic E-state index is -0.965. The lowest BCUT2D eigenvalue weighted by Gasteiger charge is -2.27. The van der Waals surface area contributed by atoms with Crippen LogP contribution in [0.2, 0.25) is 0 Å². The molecule has 3 N–H and O–H groups in total. The normalized spacial score (nSPS) is 12.2. The molecule has 1 aromatic heterocycles. The number of anilines is 3. The summed E-state index contributed by atoms with van der Waals surface area (Å²) in [4.78, 5) is 23.2. The molecule has 0 aliphatic carbocycles. The van der Waals surface area contributed by atoms with Crippen molar-refractivity contribution in [2.75, 3.05) is 37.1 Å². The smallest absolute Gasteiger partial charge is 0.327 e. The highest BCUT2D eigenvalue weighted by atomic mass is 16.5. The maximum atomic E-state index is 13.0. The summed E-state index contributed by atoms with van der Waals surface area (Å²) in [6.45, 7) is 8.73. The van der Waals surface area contributed by atoms with Crippen molar-refractivity contribution in [3.05, 3.63) is 36.5 Å². The number of methoxy groups -OCH3 is 1. The van der Waals surface area contributed by atoms with E-state index in [1.807, 2.05) is 13.8 Å². The van der Waals surface area contributed by atoms with Gasteiger partial charge >= 0.3 is 6.03 Å². The number of ether oxygens (including phenoxy) is 2. The van der Waals surface area contributed by atoms with Crippen molar-refractivity contribution < 1.29 is 19.4 Å². The molecule has 0 fully saturated rings. The Morgan fingerprint density at radius 2 is 1.97 bits per heavy atom. The summed E-state index contributed by atoms with van der Waals surface area (Å²) >= 11 is 0. The predicted molar refractivity (Wildman–Crippen MR) is 121 cm³/mol. The van der Waals surface area contributed by atoms with Gasteiger partial charge in [-0.25, -0.2) is 14.7 Å². The van der Waals surface area contributed by atoms with Gasteiger partial charge in [0.05, 0.1) is 23.9 Å². The number of nitrogens with zero attached hydrogens (tertiary/aromatic N) is 3. The van der Waals surface area contributed by atoms with E-state index in [0.717, 1.165) is 5.75 Å². The van der Waals surface area contributed by atoms with Crippen LogP contribution in [0.5, 0.6) is 5.75 Å². The van der Waals surface area contributed by atoms with Crippen LogP contribution >= 0.6 is 0 Å². The molecule has 1 aromatic carbocycles. The number of aromatic nitrogens is 2. The number of amides is 2. The molecule has 1 atom stereocenters. The van der Waals surface area contributed by atoms with Gasteiger partial charge in [0.25, 0.3) is 0 Å². The number of aliphatic hydroxyl groups is 1. The lowest BCUT2D eigenvalue weighted by Crippen LogP contribution is -2.40. The molecule has 0 unspecified atom stereocenters. The van der Waals surface area contributed by atoms with Crippen molar-refractivity contribution >= 4 is 23.5 Å². The van der Waals surface area contributed by atoms with Crippen LogP contribution in [0.3, 0.4) is 0 Å². The maximum Gasteiger partial charge on any atom is 0.327 e. The molecule has 170 valence electrons. The first-order valence-corrected chi connectivity index (χ1v) is 10.4. The summed E-state index contributed by atoms with van der Waals surface area (Å²) in [5, 5.41) is 16.2. The van der Waals surface area contributed by atoms with E-state index in [-0.39, 0.29) is 12.1 Å². The van der Waals surface area contributed by atoms with Crippen LogP contribution in [0.15, 0.2) is 36.5 Å². The first kappa shape index (κ1) is 24.4. The largest absolute Gasteiger partial charge is 0.494 e. The zero-order valence-electron chi connectivity index (χ0n) is 18.9. The fourth-order valence-electron chi connectivity index (χ4n) is 2.62. The SMILES string of the molecule is CCOc1ccc(N(C(=O)NCCCOC)c2ccnc(N[C@@H](C)C(C)(C)O)n2)cc1. The average Bonchev–Trinajstić information content (AvgIpc) is 2.72. The molecule has 9 nitrogen and oxygen atoms in total. The number of rotatable bonds is 11. The Morgan fingerprint density at radius 1 is 1.26 bits per heavy atom. The standard InChI is InChI=1S/C22H33N5O4/c1-6-31-18-10-8-17(9-11-18)27(21(28)24-13-7-15-30-5)19-12-14-23-20(26-19)25-16(2)22(3,4)29/h8-12,14,16,29H,6-7,13,15H2,1-5H3,(H,24,28)(H,23,25,26)/t16-/m0/s1. The monoisotopic (exact) mass is 431 g/mol. The summed E-state index contributed by atoms with van der Waals surface area (Å²) < 4.78 is 10.5. The lowest BCUT2D eigenvalue weighted by molar-refractivity contribution is 0.0646. The summed E-state index contributed by atoms with van der Waals surface area (Å²) in [5.41, 5.74) is -0.333. The third-order valence-corrected chi connectivity index (χ3v) is 4.69. The van der Waals surface area contributed by atoms with E-state index in [0.29, 0.717) is 43.6 Å². The topological polar surface area (TPSA) is 109 Å². The van der Waals surface area contributed by atoms with Gasteiger partial charge in [0.2, 0.25) is 5.95 Å². The van der Waals surface area contributed by atoms with Gasteiger partial charge in [0, 0.05) is 32.5 Å². The van der Waals surface area contributed by atoms with E-state index in [1.54, 1.807) is 57.5 Å². The van der Waals surface area contributed by atoms with Crippen molar-refractivity contribution in [3.63, 3.8) is 0 Å². The molecule has 2 aromatic rings. The third kappa shape index (κ3) is 7.37. The third-order valence-electron chi connectivity index (χ3n) is 4.69. The molecule has 0 saturated heterocycles. The highest BCUT2D eigenvalue weighted by molar-refractivity contribution is 5.98. The molecule has 2 rings (SSSR count). The average molecular weight is 432 g/mol. The van der Waals surface area contributed by atoms with Crippen molar-refractivity contribution in [3.8, 4) is 5.75 Å². The Kier molecular flexibility index (Phi) is 9.02. The highest BCUT2D eigenvalue weighted by Crippen LogP contribution is 2.27. The van der Waals surface area contributed by atoms with Crippen LogP contribution < -0.4 is 20.3 Å². The number of hydrogen-bond donors (Lipinski definition) is 3. The van der Waals surface area contributed by atoms with Gasteiger partial charge in [-0.05, 0) is 58.4 Å². The minimum Gasteiger partial charge on any atom is -0.494 e. The molecule has 0 aliphatic heterocycles. The van der Waals surface area contributed by atoms with Crippen LogP contribution in [-0.4, -0.2) is 59.6 Å². The Labute approximate surface area is 183 Å². The molecule has 0 saturated carbocycles. The van der Waals surface area contributed by atoms with Gasteiger partial charge in [-0.1, -0.05) is 0 Å². The molecule has 0 aliphatic rings. The van der Waals surface area contributed by atoms with Crippen LogP contribution in [0, 0.1) is 0 Å². The van der Waals surface area contributed by atoms with Crippen LogP contribution in [0.4, 0.5) is 22.2 Å². The maximum absolute atomic E-state index is 13.0. The Hall–Kier alpha value is -2.91. The first-order valence-electron chi connectivity index (χ1n) is 10.4. The van der Waals surface area contributed by atoms with Gasteiger partial charge in [-0.2, -0.15) is 4.98 Å². The van der Waals surface area contributed by atoms with E-state index in [2.05, 4.69) is 20.6 Å². The zero-order chi connectivity index (χ0) is 22.9. The molecule has 0 spiro atoms. The molecular weight excluding hydrogens is 398 g/mol. The molecule has 2 amide bonds. The summed E-state index contributed by atoms with van der Waals surface area (Å²) in [6, 6.07) is 8.25. The fourth-order valence-corrected chi connectivity index (χ4v) is 2.62. The van der Waals surface area contributed by atoms with E-state index in [1.165, 1.54) is 4.90 Å². The van der Waals surface area contributed by atoms with E-state index >= 15 is 0 Å². The Bertz CT molecular complexity index is 823. The van der Waals surface area contributed by atoms with Crippen LogP contribution in [0.1, 0.15) is 34.1 Å². The van der Waals surface area contributed by atoms with E-state index < -0.39 is 5.60 Å². The second-order valence-electron chi connectivity index (χ2n) is 7.60. The van der Waals surface area contributed by atoms with Crippen LogP contribution in [-0.2, 0) is 4.74 Å². The Morgan fingerprint density at radius 3 is 2.58 bits per heavy atom. The molecule has 0 bridgehead atoms. The second-order valence-corrected chi connectivity index (χ2v) is 7.60. The molecular formula is C22H33N5O4. The second kappa shape index (κ2) is 11.5. The van der Waals surface area contributed by atoms with E-state index in [4.69, 9.17) is 9.47 Å². The van der Waals surface area contributed by atoms with Crippen LogP contribution in [0.25, 0.3) is 0 Å². The van der Waals surface area contributed by atoms with Crippen molar-refractivity contribution in [2.24, 2.45) is 0 Å². The fraction of sp³-hybridized carbons (Fsp3) is 0.500. The van der Waals surface area contributed by atoms with Gasteiger partial charge < -0.3 is 25.2 Å². The van der Waals surface area contributed by atoms with Crippen molar-refractivity contribution in [1.29, 1.82) is 0 Å². The summed E-state index contributed by atoms with van der Waals surface area (Å²) in [7, 11) is 1.62. The number of hydrogen-bond acceptors (Lipinski definition) is 7. The van der Waals surface area contributed by atoms with Gasteiger partial charge in [0.15, 0.2) is 0 Å².